The average molecular weight is 258 g/mol. The van der Waals surface area contributed by atoms with E-state index in [-0.39, 0.29) is 12.8 Å². The molecule has 1 saturated carbocycles. The van der Waals surface area contributed by atoms with Crippen LogP contribution in [0.25, 0.3) is 0 Å². The minimum Gasteiger partial charge on any atom is -0.481 e. The summed E-state index contributed by atoms with van der Waals surface area (Å²) in [5.74, 6) is -5.28. The monoisotopic (exact) mass is 258 g/mol. The second kappa shape index (κ2) is 5.37. The zero-order valence-corrected chi connectivity index (χ0v) is 10.3. The zero-order chi connectivity index (χ0) is 13.9. The van der Waals surface area contributed by atoms with Crippen LogP contribution in [0.3, 0.4) is 0 Å². The van der Waals surface area contributed by atoms with Crippen molar-refractivity contribution < 1.29 is 29.7 Å². The lowest BCUT2D eigenvalue weighted by molar-refractivity contribution is -0.169. The van der Waals surface area contributed by atoms with Gasteiger partial charge in [-0.25, -0.2) is 0 Å². The summed E-state index contributed by atoms with van der Waals surface area (Å²) in [5.41, 5.74) is -1.44. The topological polar surface area (TPSA) is 112 Å². The minimum absolute atomic E-state index is 0.130. The van der Waals surface area contributed by atoms with Crippen LogP contribution in [0.2, 0.25) is 0 Å². The summed E-state index contributed by atoms with van der Waals surface area (Å²) in [6.07, 6.45) is 1.70. The Morgan fingerprint density at radius 2 is 1.83 bits per heavy atom. The number of rotatable bonds is 5. The van der Waals surface area contributed by atoms with E-state index in [1.54, 1.807) is 0 Å². The van der Waals surface area contributed by atoms with Gasteiger partial charge in [0.1, 0.15) is 0 Å². The number of hydrogen-bond acceptors (Lipinski definition) is 3. The highest BCUT2D eigenvalue weighted by Gasteiger charge is 2.51. The molecule has 0 aromatic rings. The molecule has 18 heavy (non-hydrogen) atoms. The van der Waals surface area contributed by atoms with Gasteiger partial charge in [0.05, 0.1) is 17.3 Å². The fourth-order valence-electron chi connectivity index (χ4n) is 2.82. The summed E-state index contributed by atoms with van der Waals surface area (Å²) in [7, 11) is 0. The quantitative estimate of drug-likeness (QED) is 0.688. The Hall–Kier alpha value is -1.59. The fourth-order valence-corrected chi connectivity index (χ4v) is 2.82. The van der Waals surface area contributed by atoms with Crippen molar-refractivity contribution in [2.45, 2.75) is 39.0 Å². The Morgan fingerprint density at radius 1 is 1.22 bits per heavy atom. The van der Waals surface area contributed by atoms with Gasteiger partial charge in [0.2, 0.25) is 0 Å². The molecular formula is C12H18O6. The third-order valence-electron chi connectivity index (χ3n) is 3.85. The van der Waals surface area contributed by atoms with Gasteiger partial charge < -0.3 is 15.3 Å². The van der Waals surface area contributed by atoms with Gasteiger partial charge in [-0.15, -0.1) is 0 Å². The van der Waals surface area contributed by atoms with Crippen LogP contribution >= 0.6 is 0 Å². The van der Waals surface area contributed by atoms with Crippen LogP contribution in [-0.2, 0) is 14.4 Å². The Balaban J connectivity index is 3.06. The molecule has 1 aliphatic rings. The molecule has 3 N–H and O–H groups in total. The van der Waals surface area contributed by atoms with Gasteiger partial charge in [-0.05, 0) is 19.3 Å². The summed E-state index contributed by atoms with van der Waals surface area (Å²) in [6, 6.07) is 0. The van der Waals surface area contributed by atoms with E-state index >= 15 is 0 Å². The molecule has 1 aliphatic carbocycles. The molecular weight excluding hydrogens is 240 g/mol. The molecule has 0 radical (unpaired) electrons. The molecule has 0 aromatic carbocycles. The van der Waals surface area contributed by atoms with Gasteiger partial charge in [-0.1, -0.05) is 19.8 Å². The van der Waals surface area contributed by atoms with Crippen LogP contribution < -0.4 is 0 Å². The van der Waals surface area contributed by atoms with Crippen molar-refractivity contribution >= 4 is 17.9 Å². The largest absolute Gasteiger partial charge is 0.481 e. The molecule has 0 amide bonds. The maximum absolute atomic E-state index is 11.5. The van der Waals surface area contributed by atoms with Crippen molar-refractivity contribution in [3.8, 4) is 0 Å². The van der Waals surface area contributed by atoms with Crippen LogP contribution in [0.5, 0.6) is 0 Å². The standard InChI is InChI=1S/C12H18O6/c1-7(9(13)14)6-12(11(17)18)5-3-2-4-8(12)10(15)16/h7-8H,2-6H2,1H3,(H,13,14)(H,15,16)(H,17,18). The SMILES string of the molecule is CC(CC1(C(=O)O)CCCCC1C(=O)O)C(=O)O. The van der Waals surface area contributed by atoms with Crippen LogP contribution in [-0.4, -0.2) is 33.2 Å². The van der Waals surface area contributed by atoms with Crippen molar-refractivity contribution in [3.05, 3.63) is 0 Å². The Labute approximate surface area is 105 Å². The third-order valence-corrected chi connectivity index (χ3v) is 3.85. The van der Waals surface area contributed by atoms with Crippen molar-refractivity contribution in [1.29, 1.82) is 0 Å². The first-order valence-electron chi connectivity index (χ1n) is 6.00. The molecule has 3 unspecified atom stereocenters. The first-order chi connectivity index (χ1) is 8.31. The van der Waals surface area contributed by atoms with Crippen molar-refractivity contribution in [1.82, 2.24) is 0 Å². The molecule has 0 spiro atoms. The van der Waals surface area contributed by atoms with Crippen molar-refractivity contribution in [2.75, 3.05) is 0 Å². The van der Waals surface area contributed by atoms with Gasteiger partial charge in [-0.2, -0.15) is 0 Å². The van der Waals surface area contributed by atoms with Gasteiger partial charge in [0.15, 0.2) is 0 Å². The van der Waals surface area contributed by atoms with Gasteiger partial charge in [0.25, 0.3) is 0 Å². The summed E-state index contributed by atoms with van der Waals surface area (Å²) in [6.45, 7) is 1.42. The molecule has 0 aromatic heterocycles. The lowest BCUT2D eigenvalue weighted by Gasteiger charge is -2.39. The zero-order valence-electron chi connectivity index (χ0n) is 10.3. The second-order valence-corrected chi connectivity index (χ2v) is 5.04. The van der Waals surface area contributed by atoms with E-state index in [0.717, 1.165) is 0 Å². The summed E-state index contributed by atoms with van der Waals surface area (Å²) in [5, 5.41) is 27.4. The molecule has 0 saturated heterocycles. The van der Waals surface area contributed by atoms with E-state index in [4.69, 9.17) is 10.2 Å². The molecule has 1 rings (SSSR count). The Kier molecular flexibility index (Phi) is 4.32. The smallest absolute Gasteiger partial charge is 0.310 e. The molecule has 1 fully saturated rings. The first-order valence-corrected chi connectivity index (χ1v) is 6.00. The number of carboxylic acid groups (broad SMARTS) is 3. The van der Waals surface area contributed by atoms with E-state index < -0.39 is 35.2 Å². The lowest BCUT2D eigenvalue weighted by Crippen LogP contribution is -2.46. The van der Waals surface area contributed by atoms with Crippen molar-refractivity contribution in [2.24, 2.45) is 17.3 Å². The first kappa shape index (κ1) is 14.5. The van der Waals surface area contributed by atoms with Crippen LogP contribution in [0.4, 0.5) is 0 Å². The summed E-state index contributed by atoms with van der Waals surface area (Å²) in [4.78, 5) is 33.6. The van der Waals surface area contributed by atoms with E-state index in [1.165, 1.54) is 6.92 Å². The molecule has 102 valence electrons. The molecule has 6 nitrogen and oxygen atoms in total. The lowest BCUT2D eigenvalue weighted by atomic mass is 9.62. The van der Waals surface area contributed by atoms with E-state index in [0.29, 0.717) is 19.3 Å². The van der Waals surface area contributed by atoms with Gasteiger partial charge >= 0.3 is 17.9 Å². The molecule has 6 heteroatoms. The van der Waals surface area contributed by atoms with Crippen LogP contribution in [0.15, 0.2) is 0 Å². The highest BCUT2D eigenvalue weighted by atomic mass is 16.4. The van der Waals surface area contributed by atoms with Gasteiger partial charge in [0, 0.05) is 0 Å². The third kappa shape index (κ3) is 2.63. The van der Waals surface area contributed by atoms with Crippen LogP contribution in [0.1, 0.15) is 39.0 Å². The van der Waals surface area contributed by atoms with Gasteiger partial charge in [-0.3, -0.25) is 14.4 Å². The molecule has 0 bridgehead atoms. The Morgan fingerprint density at radius 3 is 2.28 bits per heavy atom. The highest BCUT2D eigenvalue weighted by molar-refractivity contribution is 5.84. The number of hydrogen-bond donors (Lipinski definition) is 3. The minimum atomic E-state index is -1.44. The van der Waals surface area contributed by atoms with E-state index in [2.05, 4.69) is 0 Å². The number of carbonyl (C=O) groups is 3. The fraction of sp³-hybridized carbons (Fsp3) is 0.750. The van der Waals surface area contributed by atoms with Crippen molar-refractivity contribution in [3.63, 3.8) is 0 Å². The molecule has 0 aliphatic heterocycles. The molecule has 3 atom stereocenters. The Bertz CT molecular complexity index is 364. The summed E-state index contributed by atoms with van der Waals surface area (Å²) >= 11 is 0. The predicted molar refractivity (Wildman–Crippen MR) is 61.1 cm³/mol. The predicted octanol–water partition coefficient (Wildman–Crippen LogP) is 1.44. The average Bonchev–Trinajstić information content (AvgIpc) is 2.28. The maximum Gasteiger partial charge on any atom is 0.310 e. The van der Waals surface area contributed by atoms with E-state index in [1.807, 2.05) is 0 Å². The second-order valence-electron chi connectivity index (χ2n) is 5.04. The van der Waals surface area contributed by atoms with Crippen LogP contribution in [0, 0.1) is 17.3 Å². The van der Waals surface area contributed by atoms with E-state index in [9.17, 15) is 19.5 Å². The maximum atomic E-state index is 11.5. The summed E-state index contributed by atoms with van der Waals surface area (Å²) < 4.78 is 0. The molecule has 0 heterocycles. The number of aliphatic carboxylic acids is 3. The highest BCUT2D eigenvalue weighted by Crippen LogP contribution is 2.46. The number of carboxylic acids is 3. The normalized spacial score (nSPS) is 29.5.